The van der Waals surface area contributed by atoms with Crippen LogP contribution in [0.2, 0.25) is 5.02 Å². The minimum atomic E-state index is -0.789. The summed E-state index contributed by atoms with van der Waals surface area (Å²) in [6.07, 6.45) is 2.88. The van der Waals surface area contributed by atoms with Crippen LogP contribution >= 0.6 is 11.6 Å². The van der Waals surface area contributed by atoms with Crippen LogP contribution in [0.1, 0.15) is 31.1 Å². The maximum Gasteiger partial charge on any atom is 0.303 e. The molecule has 4 nitrogen and oxygen atoms in total. The molecule has 94 valence electrons. The van der Waals surface area contributed by atoms with Gasteiger partial charge >= 0.3 is 5.97 Å². The second-order valence-corrected chi connectivity index (χ2v) is 5.09. The molecular formula is C13H13ClN2O2. The number of fused-ring (bicyclic) bond motifs is 1. The van der Waals surface area contributed by atoms with Gasteiger partial charge in [-0.1, -0.05) is 11.6 Å². The minimum Gasteiger partial charge on any atom is -0.481 e. The minimum absolute atomic E-state index is 0.115. The molecule has 0 unspecified atom stereocenters. The first-order chi connectivity index (χ1) is 8.65. The lowest BCUT2D eigenvalue weighted by molar-refractivity contribution is -0.137. The van der Waals surface area contributed by atoms with Crippen molar-refractivity contribution < 1.29 is 9.90 Å². The molecule has 1 saturated carbocycles. The largest absolute Gasteiger partial charge is 0.481 e. The first-order valence-electron chi connectivity index (χ1n) is 6.03. The Morgan fingerprint density at radius 3 is 2.94 bits per heavy atom. The molecule has 0 aliphatic heterocycles. The average Bonchev–Trinajstić information content (AvgIpc) is 3.08. The molecule has 1 N–H and O–H groups in total. The number of aliphatic carboxylic acids is 1. The van der Waals surface area contributed by atoms with E-state index in [1.807, 2.05) is 18.2 Å². The summed E-state index contributed by atoms with van der Waals surface area (Å²) >= 11 is 5.96. The van der Waals surface area contributed by atoms with Crippen LogP contribution in [0.5, 0.6) is 0 Å². The third-order valence-electron chi connectivity index (χ3n) is 3.20. The molecule has 0 amide bonds. The molecule has 0 saturated heterocycles. The summed E-state index contributed by atoms with van der Waals surface area (Å²) in [6, 6.07) is 6.14. The van der Waals surface area contributed by atoms with E-state index in [1.165, 1.54) is 0 Å². The Balaban J connectivity index is 2.05. The summed E-state index contributed by atoms with van der Waals surface area (Å²) in [6.45, 7) is 0. The predicted octanol–water partition coefficient (Wildman–Crippen LogP) is 3.04. The van der Waals surface area contributed by atoms with Crippen LogP contribution in [0.25, 0.3) is 11.0 Å². The van der Waals surface area contributed by atoms with E-state index in [-0.39, 0.29) is 6.42 Å². The van der Waals surface area contributed by atoms with Gasteiger partial charge in [0.2, 0.25) is 0 Å². The maximum atomic E-state index is 10.7. The Labute approximate surface area is 109 Å². The molecule has 0 radical (unpaired) electrons. The summed E-state index contributed by atoms with van der Waals surface area (Å²) in [7, 11) is 0. The molecule has 0 bridgehead atoms. The number of benzene rings is 1. The number of aryl methyl sites for hydroxylation is 1. The van der Waals surface area contributed by atoms with Gasteiger partial charge in [-0.05, 0) is 31.0 Å². The smallest absolute Gasteiger partial charge is 0.303 e. The predicted molar refractivity (Wildman–Crippen MR) is 69.0 cm³/mol. The zero-order chi connectivity index (χ0) is 12.7. The monoisotopic (exact) mass is 264 g/mol. The highest BCUT2D eigenvalue weighted by atomic mass is 35.5. The SMILES string of the molecule is O=C(O)CCc1nc2cc(Cl)ccc2n1C1CC1. The molecule has 0 spiro atoms. The Hall–Kier alpha value is -1.55. The van der Waals surface area contributed by atoms with Crippen molar-refractivity contribution in [3.63, 3.8) is 0 Å². The molecule has 1 aromatic carbocycles. The molecule has 18 heavy (non-hydrogen) atoms. The van der Waals surface area contributed by atoms with E-state index in [9.17, 15) is 4.79 Å². The van der Waals surface area contributed by atoms with Crippen molar-refractivity contribution in [1.29, 1.82) is 0 Å². The maximum absolute atomic E-state index is 10.7. The van der Waals surface area contributed by atoms with E-state index in [1.54, 1.807) is 0 Å². The third-order valence-corrected chi connectivity index (χ3v) is 3.43. The third kappa shape index (κ3) is 2.08. The number of aromatic nitrogens is 2. The van der Waals surface area contributed by atoms with Crippen LogP contribution in [0.3, 0.4) is 0 Å². The number of hydrogen-bond acceptors (Lipinski definition) is 2. The van der Waals surface area contributed by atoms with E-state index in [0.29, 0.717) is 17.5 Å². The fourth-order valence-electron chi connectivity index (χ4n) is 2.26. The molecular weight excluding hydrogens is 252 g/mol. The number of carboxylic acids is 1. The number of carboxylic acid groups (broad SMARTS) is 1. The Morgan fingerprint density at radius 2 is 2.28 bits per heavy atom. The standard InChI is InChI=1S/C13H13ClN2O2/c14-8-1-4-11-10(7-8)15-12(5-6-13(17)18)16(11)9-2-3-9/h1,4,7,9H,2-3,5-6H2,(H,17,18). The topological polar surface area (TPSA) is 55.1 Å². The first kappa shape index (κ1) is 11.5. The number of halogens is 1. The molecule has 0 atom stereocenters. The molecule has 3 rings (SSSR count). The Bertz CT molecular complexity index is 617. The van der Waals surface area contributed by atoms with Crippen molar-refractivity contribution in [2.24, 2.45) is 0 Å². The van der Waals surface area contributed by atoms with Gasteiger partial charge in [0.1, 0.15) is 5.82 Å². The molecule has 1 aliphatic carbocycles. The zero-order valence-corrected chi connectivity index (χ0v) is 10.5. The van der Waals surface area contributed by atoms with Gasteiger partial charge in [0.25, 0.3) is 0 Å². The lowest BCUT2D eigenvalue weighted by Gasteiger charge is -2.06. The lowest BCUT2D eigenvalue weighted by Crippen LogP contribution is -2.05. The van der Waals surface area contributed by atoms with Crippen LogP contribution in [-0.2, 0) is 11.2 Å². The summed E-state index contributed by atoms with van der Waals surface area (Å²) in [4.78, 5) is 15.2. The van der Waals surface area contributed by atoms with E-state index in [0.717, 1.165) is 29.7 Å². The normalized spacial score (nSPS) is 15.2. The van der Waals surface area contributed by atoms with Gasteiger partial charge in [-0.15, -0.1) is 0 Å². The molecule has 1 aromatic heterocycles. The highest BCUT2D eigenvalue weighted by molar-refractivity contribution is 6.31. The number of rotatable bonds is 4. The fraction of sp³-hybridized carbons (Fsp3) is 0.385. The van der Waals surface area contributed by atoms with Crippen molar-refractivity contribution in [2.45, 2.75) is 31.7 Å². The van der Waals surface area contributed by atoms with Crippen LogP contribution in [0.15, 0.2) is 18.2 Å². The van der Waals surface area contributed by atoms with Crippen molar-refractivity contribution in [3.05, 3.63) is 29.0 Å². The van der Waals surface area contributed by atoms with Crippen LogP contribution in [0.4, 0.5) is 0 Å². The number of imidazole rings is 1. The molecule has 1 heterocycles. The molecule has 2 aromatic rings. The van der Waals surface area contributed by atoms with Gasteiger partial charge in [0.05, 0.1) is 17.5 Å². The quantitative estimate of drug-likeness (QED) is 0.923. The van der Waals surface area contributed by atoms with Crippen molar-refractivity contribution >= 4 is 28.6 Å². The van der Waals surface area contributed by atoms with Gasteiger partial charge in [-0.2, -0.15) is 0 Å². The summed E-state index contributed by atoms with van der Waals surface area (Å²) < 4.78 is 2.18. The van der Waals surface area contributed by atoms with E-state index >= 15 is 0 Å². The Morgan fingerprint density at radius 1 is 1.50 bits per heavy atom. The lowest BCUT2D eigenvalue weighted by atomic mass is 10.3. The molecule has 1 aliphatic rings. The van der Waals surface area contributed by atoms with E-state index in [2.05, 4.69) is 9.55 Å². The van der Waals surface area contributed by atoms with E-state index < -0.39 is 5.97 Å². The summed E-state index contributed by atoms with van der Waals surface area (Å²) in [5.41, 5.74) is 1.91. The number of carbonyl (C=O) groups is 1. The highest BCUT2D eigenvalue weighted by Crippen LogP contribution is 2.39. The van der Waals surface area contributed by atoms with Gasteiger partial charge < -0.3 is 9.67 Å². The first-order valence-corrected chi connectivity index (χ1v) is 6.41. The Kier molecular flexibility index (Phi) is 2.74. The van der Waals surface area contributed by atoms with Crippen molar-refractivity contribution in [1.82, 2.24) is 9.55 Å². The average molecular weight is 265 g/mol. The van der Waals surface area contributed by atoms with E-state index in [4.69, 9.17) is 16.7 Å². The number of hydrogen-bond donors (Lipinski definition) is 1. The highest BCUT2D eigenvalue weighted by Gasteiger charge is 2.28. The summed E-state index contributed by atoms with van der Waals surface area (Å²) in [5.74, 6) is 0.0691. The van der Waals surface area contributed by atoms with Gasteiger partial charge in [0, 0.05) is 17.5 Å². The zero-order valence-electron chi connectivity index (χ0n) is 9.77. The number of nitrogens with zero attached hydrogens (tertiary/aromatic N) is 2. The van der Waals surface area contributed by atoms with Crippen LogP contribution in [-0.4, -0.2) is 20.6 Å². The second-order valence-electron chi connectivity index (χ2n) is 4.66. The van der Waals surface area contributed by atoms with Crippen molar-refractivity contribution in [3.8, 4) is 0 Å². The van der Waals surface area contributed by atoms with Crippen LogP contribution in [0, 0.1) is 0 Å². The second kappa shape index (κ2) is 4.28. The van der Waals surface area contributed by atoms with Gasteiger partial charge in [0.15, 0.2) is 0 Å². The van der Waals surface area contributed by atoms with Crippen molar-refractivity contribution in [2.75, 3.05) is 0 Å². The van der Waals surface area contributed by atoms with Gasteiger partial charge in [-0.25, -0.2) is 4.98 Å². The van der Waals surface area contributed by atoms with Crippen LogP contribution < -0.4 is 0 Å². The van der Waals surface area contributed by atoms with Gasteiger partial charge in [-0.3, -0.25) is 4.79 Å². The summed E-state index contributed by atoms with van der Waals surface area (Å²) in [5, 5.41) is 9.44. The molecule has 1 fully saturated rings. The molecule has 5 heteroatoms. The fourth-order valence-corrected chi connectivity index (χ4v) is 2.42.